The lowest BCUT2D eigenvalue weighted by Gasteiger charge is -1.98. The minimum Gasteiger partial charge on any atom is -0.462 e. The van der Waals surface area contributed by atoms with Gasteiger partial charge in [-0.25, -0.2) is 9.78 Å². The average Bonchev–Trinajstić information content (AvgIpc) is 2.76. The van der Waals surface area contributed by atoms with Crippen LogP contribution in [-0.2, 0) is 17.2 Å². The van der Waals surface area contributed by atoms with Gasteiger partial charge in [0.25, 0.3) is 0 Å². The summed E-state index contributed by atoms with van der Waals surface area (Å²) in [7, 11) is 0. The maximum atomic E-state index is 11.8. The molecule has 2 heterocycles. The Morgan fingerprint density at radius 3 is 2.79 bits per heavy atom. The van der Waals surface area contributed by atoms with Crippen molar-refractivity contribution in [2.24, 2.45) is 4.36 Å². The SMILES string of the molecule is CCOC(=O)c1sc2nc(C(C)=O)ccc2c1N=S. The van der Waals surface area contributed by atoms with E-state index in [9.17, 15) is 9.59 Å². The Kier molecular flexibility index (Phi) is 3.96. The second-order valence-corrected chi connectivity index (χ2v) is 4.88. The van der Waals surface area contributed by atoms with Gasteiger partial charge < -0.3 is 4.74 Å². The Labute approximate surface area is 118 Å². The third kappa shape index (κ3) is 2.52. The van der Waals surface area contributed by atoms with E-state index in [1.54, 1.807) is 19.1 Å². The number of rotatable bonds is 4. The summed E-state index contributed by atoms with van der Waals surface area (Å²) in [4.78, 5) is 28.2. The van der Waals surface area contributed by atoms with Crippen LogP contribution < -0.4 is 0 Å². The zero-order valence-electron chi connectivity index (χ0n) is 10.3. The molecule has 0 aliphatic carbocycles. The van der Waals surface area contributed by atoms with Gasteiger partial charge in [0.15, 0.2) is 5.78 Å². The highest BCUT2D eigenvalue weighted by Crippen LogP contribution is 2.37. The van der Waals surface area contributed by atoms with Crippen LogP contribution >= 0.6 is 11.3 Å². The van der Waals surface area contributed by atoms with E-state index in [1.165, 1.54) is 6.92 Å². The molecule has 7 heteroatoms. The summed E-state index contributed by atoms with van der Waals surface area (Å²) in [6.07, 6.45) is 0. The average molecular weight is 294 g/mol. The zero-order valence-corrected chi connectivity index (χ0v) is 11.9. The van der Waals surface area contributed by atoms with E-state index < -0.39 is 5.97 Å². The third-order valence-electron chi connectivity index (χ3n) is 2.44. The number of hydrogen-bond donors (Lipinski definition) is 0. The Morgan fingerprint density at radius 2 is 2.21 bits per heavy atom. The van der Waals surface area contributed by atoms with Gasteiger partial charge in [-0.15, -0.1) is 11.3 Å². The molecule has 0 aliphatic heterocycles. The number of carbonyl (C=O) groups is 2. The van der Waals surface area contributed by atoms with Crippen molar-refractivity contribution < 1.29 is 14.3 Å². The number of aromatic nitrogens is 1. The van der Waals surface area contributed by atoms with Crippen molar-refractivity contribution in [1.82, 2.24) is 4.98 Å². The van der Waals surface area contributed by atoms with Crippen molar-refractivity contribution in [2.45, 2.75) is 13.8 Å². The lowest BCUT2D eigenvalue weighted by molar-refractivity contribution is 0.0533. The molecule has 0 bridgehead atoms. The van der Waals surface area contributed by atoms with E-state index in [4.69, 9.17) is 17.2 Å². The molecule has 0 fully saturated rings. The molecule has 0 aliphatic rings. The number of esters is 1. The Hall–Kier alpha value is -1.73. The standard InChI is InChI=1S/C12H10N2O3S2/c1-3-17-12(16)10-9(14-18)7-4-5-8(6(2)15)13-11(7)19-10/h4-5H,3H2,1-2H3. The molecule has 0 saturated heterocycles. The zero-order chi connectivity index (χ0) is 14.0. The second kappa shape index (κ2) is 5.50. The monoisotopic (exact) mass is 294 g/mol. The molecule has 19 heavy (non-hydrogen) atoms. The van der Waals surface area contributed by atoms with E-state index in [0.717, 1.165) is 11.3 Å². The number of ketones is 1. The van der Waals surface area contributed by atoms with Crippen LogP contribution in [0.3, 0.4) is 0 Å². The van der Waals surface area contributed by atoms with E-state index in [-0.39, 0.29) is 12.4 Å². The fraction of sp³-hybridized carbons (Fsp3) is 0.250. The number of ether oxygens (including phenoxy) is 1. The van der Waals surface area contributed by atoms with E-state index in [2.05, 4.69) is 9.35 Å². The first-order valence-corrected chi connectivity index (χ1v) is 6.71. The van der Waals surface area contributed by atoms with Crippen molar-refractivity contribution in [3.05, 3.63) is 22.7 Å². The highest BCUT2D eigenvalue weighted by Gasteiger charge is 2.20. The maximum Gasteiger partial charge on any atom is 0.350 e. The normalized spacial score (nSPS) is 10.4. The summed E-state index contributed by atoms with van der Waals surface area (Å²) in [5, 5.41) is 0.660. The van der Waals surface area contributed by atoms with Gasteiger partial charge in [0.05, 0.1) is 6.61 Å². The Balaban J connectivity index is 2.63. The van der Waals surface area contributed by atoms with Gasteiger partial charge in [-0.2, -0.15) is 4.36 Å². The van der Waals surface area contributed by atoms with E-state index in [0.29, 0.717) is 26.5 Å². The molecule has 0 N–H and O–H groups in total. The molecule has 0 radical (unpaired) electrons. The van der Waals surface area contributed by atoms with Crippen molar-refractivity contribution in [2.75, 3.05) is 6.61 Å². The van der Waals surface area contributed by atoms with E-state index in [1.807, 2.05) is 0 Å². The summed E-state index contributed by atoms with van der Waals surface area (Å²) in [6.45, 7) is 3.43. The van der Waals surface area contributed by atoms with Crippen LogP contribution in [0, 0.1) is 0 Å². The van der Waals surface area contributed by atoms with Gasteiger partial charge >= 0.3 is 5.97 Å². The molecule has 0 spiro atoms. The van der Waals surface area contributed by atoms with Crippen molar-refractivity contribution in [1.29, 1.82) is 0 Å². The summed E-state index contributed by atoms with van der Waals surface area (Å²) in [6, 6.07) is 3.29. The van der Waals surface area contributed by atoms with Crippen LogP contribution in [0.25, 0.3) is 10.2 Å². The molecule has 98 valence electrons. The van der Waals surface area contributed by atoms with Crippen LogP contribution in [0.5, 0.6) is 0 Å². The highest BCUT2D eigenvalue weighted by molar-refractivity contribution is 7.47. The van der Waals surface area contributed by atoms with Gasteiger partial charge in [-0.1, -0.05) is 0 Å². The Morgan fingerprint density at radius 1 is 1.47 bits per heavy atom. The number of nitrogens with zero attached hydrogens (tertiary/aromatic N) is 2. The first kappa shape index (κ1) is 13.7. The van der Waals surface area contributed by atoms with Crippen LogP contribution in [0.4, 0.5) is 5.69 Å². The quantitative estimate of drug-likeness (QED) is 0.640. The first-order valence-electron chi connectivity index (χ1n) is 5.53. The maximum absolute atomic E-state index is 11.8. The van der Waals surface area contributed by atoms with Crippen LogP contribution in [0.15, 0.2) is 16.5 Å². The topological polar surface area (TPSA) is 68.6 Å². The molecule has 0 unspecified atom stereocenters. The molecule has 0 amide bonds. The summed E-state index contributed by atoms with van der Waals surface area (Å²) < 4.78 is 8.65. The molecule has 5 nitrogen and oxygen atoms in total. The molecule has 2 rings (SSSR count). The largest absolute Gasteiger partial charge is 0.462 e. The fourth-order valence-corrected chi connectivity index (χ4v) is 2.84. The van der Waals surface area contributed by atoms with Crippen molar-refractivity contribution in [3.63, 3.8) is 0 Å². The number of Topliss-reactive ketones (excluding diaryl/α,β-unsaturated/α-hetero) is 1. The number of carbonyl (C=O) groups excluding carboxylic acids is 2. The van der Waals surface area contributed by atoms with Crippen LogP contribution in [0.1, 0.15) is 34.0 Å². The predicted molar refractivity (Wildman–Crippen MR) is 75.0 cm³/mol. The molecule has 0 saturated carbocycles. The minimum atomic E-state index is -0.474. The highest BCUT2D eigenvalue weighted by atomic mass is 32.1. The van der Waals surface area contributed by atoms with Crippen LogP contribution in [-0.4, -0.2) is 23.3 Å². The number of thiophene rings is 1. The summed E-state index contributed by atoms with van der Waals surface area (Å²) in [5.41, 5.74) is 0.733. The Bertz CT molecular complexity index is 679. The smallest absolute Gasteiger partial charge is 0.350 e. The van der Waals surface area contributed by atoms with Crippen molar-refractivity contribution in [3.8, 4) is 0 Å². The molecule has 2 aromatic heterocycles. The molecular formula is C12H10N2O3S2. The third-order valence-corrected chi connectivity index (χ3v) is 3.69. The predicted octanol–water partition coefficient (Wildman–Crippen LogP) is 3.04. The number of fused-ring (bicyclic) bond motifs is 1. The van der Waals surface area contributed by atoms with Crippen LogP contribution in [0.2, 0.25) is 0 Å². The number of hydrogen-bond acceptors (Lipinski definition) is 7. The summed E-state index contributed by atoms with van der Waals surface area (Å²) in [5.74, 6) is -0.608. The second-order valence-electron chi connectivity index (χ2n) is 3.70. The van der Waals surface area contributed by atoms with E-state index >= 15 is 0 Å². The lowest BCUT2D eigenvalue weighted by atomic mass is 10.2. The molecular weight excluding hydrogens is 284 g/mol. The van der Waals surface area contributed by atoms with Crippen molar-refractivity contribution >= 4 is 51.4 Å². The molecule has 0 atom stereocenters. The molecule has 0 aromatic carbocycles. The van der Waals surface area contributed by atoms with Gasteiger partial charge in [0, 0.05) is 24.7 Å². The summed E-state index contributed by atoms with van der Waals surface area (Å²) >= 11 is 5.83. The fourth-order valence-electron chi connectivity index (χ4n) is 1.59. The lowest BCUT2D eigenvalue weighted by Crippen LogP contribution is -2.01. The van der Waals surface area contributed by atoms with Gasteiger partial charge in [0.1, 0.15) is 21.1 Å². The van der Waals surface area contributed by atoms with Gasteiger partial charge in [0.2, 0.25) is 0 Å². The first-order chi connectivity index (χ1) is 9.08. The molecule has 2 aromatic rings. The number of pyridine rings is 1. The van der Waals surface area contributed by atoms with Gasteiger partial charge in [-0.05, 0) is 19.1 Å². The van der Waals surface area contributed by atoms with Gasteiger partial charge in [-0.3, -0.25) is 4.79 Å². The minimum absolute atomic E-state index is 0.134.